The SMILES string of the molecule is CC(C)n1cnc(-c2ccccc2)c1-c1ccc2nc(N)n(S(=O)(=O)C(C)C)c2c1. The summed E-state index contributed by atoms with van der Waals surface area (Å²) in [5, 5.41) is -0.623. The van der Waals surface area contributed by atoms with Gasteiger partial charge >= 0.3 is 0 Å². The van der Waals surface area contributed by atoms with Crippen molar-refractivity contribution in [3.05, 3.63) is 54.9 Å². The minimum Gasteiger partial charge on any atom is -0.368 e. The van der Waals surface area contributed by atoms with Gasteiger partial charge in [0.15, 0.2) is 0 Å². The molecular formula is C22H25N5O2S. The number of hydrogen-bond acceptors (Lipinski definition) is 5. The third-order valence-corrected chi connectivity index (χ3v) is 7.24. The first-order valence-electron chi connectivity index (χ1n) is 9.86. The van der Waals surface area contributed by atoms with E-state index in [-0.39, 0.29) is 12.0 Å². The van der Waals surface area contributed by atoms with E-state index in [1.807, 2.05) is 48.8 Å². The molecule has 0 fully saturated rings. The fourth-order valence-electron chi connectivity index (χ4n) is 3.54. The molecule has 7 nitrogen and oxygen atoms in total. The van der Waals surface area contributed by atoms with Crippen LogP contribution in [0.5, 0.6) is 0 Å². The van der Waals surface area contributed by atoms with Crippen LogP contribution in [0.25, 0.3) is 33.5 Å². The van der Waals surface area contributed by atoms with Crippen LogP contribution in [0.4, 0.5) is 5.95 Å². The molecule has 0 radical (unpaired) electrons. The van der Waals surface area contributed by atoms with Gasteiger partial charge in [-0.25, -0.2) is 22.4 Å². The van der Waals surface area contributed by atoms with Crippen LogP contribution >= 0.6 is 0 Å². The van der Waals surface area contributed by atoms with Gasteiger partial charge in [-0.15, -0.1) is 0 Å². The lowest BCUT2D eigenvalue weighted by molar-refractivity contribution is 0.580. The average molecular weight is 424 g/mol. The molecule has 4 rings (SSSR count). The molecule has 4 aromatic rings. The van der Waals surface area contributed by atoms with Crippen molar-refractivity contribution in [2.75, 3.05) is 5.73 Å². The van der Waals surface area contributed by atoms with Crippen molar-refractivity contribution in [1.82, 2.24) is 18.5 Å². The first-order chi connectivity index (χ1) is 14.2. The molecule has 0 aliphatic rings. The Bertz CT molecular complexity index is 1320. The normalized spacial score (nSPS) is 12.3. The third kappa shape index (κ3) is 3.17. The maximum atomic E-state index is 12.9. The molecule has 0 unspecified atom stereocenters. The van der Waals surface area contributed by atoms with Crippen LogP contribution in [0.2, 0.25) is 0 Å². The van der Waals surface area contributed by atoms with Gasteiger partial charge in [-0.1, -0.05) is 36.4 Å². The van der Waals surface area contributed by atoms with E-state index in [4.69, 9.17) is 5.73 Å². The second kappa shape index (κ2) is 7.28. The quantitative estimate of drug-likeness (QED) is 0.516. The first-order valence-corrected chi connectivity index (χ1v) is 11.4. The Morgan fingerprint density at radius 2 is 1.67 bits per heavy atom. The van der Waals surface area contributed by atoms with Crippen molar-refractivity contribution < 1.29 is 8.42 Å². The Morgan fingerprint density at radius 1 is 0.967 bits per heavy atom. The third-order valence-electron chi connectivity index (χ3n) is 5.16. The van der Waals surface area contributed by atoms with E-state index in [2.05, 4.69) is 28.4 Å². The molecule has 0 saturated heterocycles. The van der Waals surface area contributed by atoms with Crippen LogP contribution in [0.1, 0.15) is 33.7 Å². The molecule has 8 heteroatoms. The fourth-order valence-corrected chi connectivity index (χ4v) is 4.69. The summed E-state index contributed by atoms with van der Waals surface area (Å²) in [6.07, 6.45) is 1.82. The summed E-state index contributed by atoms with van der Waals surface area (Å²) in [6.45, 7) is 7.44. The monoisotopic (exact) mass is 423 g/mol. The number of imidazole rings is 2. The standard InChI is InChI=1S/C22H25N5O2S/c1-14(2)26-13-24-20(16-8-6-5-7-9-16)21(26)17-10-11-18-19(12-17)27(22(23)25-18)30(28,29)15(3)4/h5-15H,1-4H3,(H2,23,25). The number of nitrogens with two attached hydrogens (primary N) is 1. The molecule has 2 aromatic carbocycles. The Morgan fingerprint density at radius 3 is 2.30 bits per heavy atom. The lowest BCUT2D eigenvalue weighted by Gasteiger charge is -2.15. The van der Waals surface area contributed by atoms with Crippen LogP contribution in [-0.4, -0.2) is 32.2 Å². The molecule has 0 amide bonds. The highest BCUT2D eigenvalue weighted by molar-refractivity contribution is 7.90. The summed E-state index contributed by atoms with van der Waals surface area (Å²) >= 11 is 0. The Labute approximate surface area is 176 Å². The maximum Gasteiger partial charge on any atom is 0.244 e. The van der Waals surface area contributed by atoms with Crippen molar-refractivity contribution >= 4 is 27.0 Å². The predicted molar refractivity (Wildman–Crippen MR) is 121 cm³/mol. The molecule has 0 spiro atoms. The van der Waals surface area contributed by atoms with Gasteiger partial charge in [-0.05, 0) is 39.8 Å². The summed E-state index contributed by atoms with van der Waals surface area (Å²) in [4.78, 5) is 8.93. The lowest BCUT2D eigenvalue weighted by atomic mass is 10.0. The molecular weight excluding hydrogens is 398 g/mol. The van der Waals surface area contributed by atoms with Crippen LogP contribution in [0.15, 0.2) is 54.9 Å². The van der Waals surface area contributed by atoms with Crippen molar-refractivity contribution in [3.63, 3.8) is 0 Å². The van der Waals surface area contributed by atoms with Crippen LogP contribution in [-0.2, 0) is 10.0 Å². The minimum atomic E-state index is -3.66. The minimum absolute atomic E-state index is 0.0310. The first kappa shape index (κ1) is 20.2. The van der Waals surface area contributed by atoms with E-state index in [0.717, 1.165) is 26.5 Å². The van der Waals surface area contributed by atoms with E-state index >= 15 is 0 Å². The summed E-state index contributed by atoms with van der Waals surface area (Å²) in [6, 6.07) is 15.7. The number of hydrogen-bond donors (Lipinski definition) is 1. The Kier molecular flexibility index (Phi) is 4.89. The van der Waals surface area contributed by atoms with E-state index < -0.39 is 15.3 Å². The zero-order valence-electron chi connectivity index (χ0n) is 17.4. The number of rotatable bonds is 5. The summed E-state index contributed by atoms with van der Waals surface area (Å²) < 4.78 is 29.1. The van der Waals surface area contributed by atoms with Gasteiger partial charge in [0.25, 0.3) is 0 Å². The maximum absolute atomic E-state index is 12.9. The van der Waals surface area contributed by atoms with Crippen LogP contribution < -0.4 is 5.73 Å². The largest absolute Gasteiger partial charge is 0.368 e. The van der Waals surface area contributed by atoms with Gasteiger partial charge in [-0.3, -0.25) is 0 Å². The fraction of sp³-hybridized carbons (Fsp3) is 0.273. The van der Waals surface area contributed by atoms with E-state index in [1.165, 1.54) is 0 Å². The second-order valence-electron chi connectivity index (χ2n) is 7.84. The molecule has 0 aliphatic heterocycles. The molecule has 30 heavy (non-hydrogen) atoms. The van der Waals surface area contributed by atoms with Gasteiger partial charge in [0.05, 0.1) is 34.0 Å². The Hall–Kier alpha value is -3.13. The van der Waals surface area contributed by atoms with Gasteiger partial charge in [0, 0.05) is 17.2 Å². The number of anilines is 1. The van der Waals surface area contributed by atoms with E-state index in [0.29, 0.717) is 11.0 Å². The highest BCUT2D eigenvalue weighted by Gasteiger charge is 2.25. The topological polar surface area (TPSA) is 95.8 Å². The van der Waals surface area contributed by atoms with E-state index in [9.17, 15) is 8.42 Å². The van der Waals surface area contributed by atoms with Crippen molar-refractivity contribution in [1.29, 1.82) is 0 Å². The number of nitrogen functional groups attached to an aromatic ring is 1. The highest BCUT2D eigenvalue weighted by atomic mass is 32.2. The van der Waals surface area contributed by atoms with Gasteiger partial charge in [0.1, 0.15) is 0 Å². The number of aromatic nitrogens is 4. The second-order valence-corrected chi connectivity index (χ2v) is 10.2. The number of fused-ring (bicyclic) bond motifs is 1. The predicted octanol–water partition coefficient (Wildman–Crippen LogP) is 4.32. The van der Waals surface area contributed by atoms with Gasteiger partial charge in [0.2, 0.25) is 16.0 Å². The molecule has 2 aromatic heterocycles. The molecule has 0 aliphatic carbocycles. The molecule has 2 heterocycles. The van der Waals surface area contributed by atoms with Crippen molar-refractivity contribution in [3.8, 4) is 22.5 Å². The number of nitrogens with zero attached hydrogens (tertiary/aromatic N) is 4. The number of benzene rings is 2. The molecule has 0 atom stereocenters. The van der Waals surface area contributed by atoms with Crippen LogP contribution in [0.3, 0.4) is 0 Å². The zero-order valence-corrected chi connectivity index (χ0v) is 18.3. The van der Waals surface area contributed by atoms with Gasteiger partial charge in [-0.2, -0.15) is 0 Å². The lowest BCUT2D eigenvalue weighted by Crippen LogP contribution is -2.23. The summed E-state index contributed by atoms with van der Waals surface area (Å²) in [5.74, 6) is -0.0310. The average Bonchev–Trinajstić information content (AvgIpc) is 3.28. The molecule has 0 saturated carbocycles. The molecule has 2 N–H and O–H groups in total. The van der Waals surface area contributed by atoms with Gasteiger partial charge < -0.3 is 10.3 Å². The summed E-state index contributed by atoms with van der Waals surface area (Å²) in [7, 11) is -3.66. The van der Waals surface area contributed by atoms with Crippen molar-refractivity contribution in [2.45, 2.75) is 39.0 Å². The zero-order chi connectivity index (χ0) is 21.6. The Balaban J connectivity index is 2.01. The van der Waals surface area contributed by atoms with E-state index in [1.54, 1.807) is 19.9 Å². The highest BCUT2D eigenvalue weighted by Crippen LogP contribution is 2.35. The van der Waals surface area contributed by atoms with Crippen molar-refractivity contribution in [2.24, 2.45) is 0 Å². The smallest absolute Gasteiger partial charge is 0.244 e. The molecule has 156 valence electrons. The molecule has 0 bridgehead atoms. The summed E-state index contributed by atoms with van der Waals surface area (Å²) in [5.41, 5.74) is 10.6. The van der Waals surface area contributed by atoms with Crippen LogP contribution in [0, 0.1) is 0 Å².